The van der Waals surface area contributed by atoms with Gasteiger partial charge in [0.25, 0.3) is 5.91 Å². The first kappa shape index (κ1) is 23.1. The molecular formula is C23H25ClN4O4S. The number of piperazine rings is 1. The minimum absolute atomic E-state index is 0.138. The van der Waals surface area contributed by atoms with Crippen molar-refractivity contribution < 1.29 is 19.1 Å². The molecular weight excluding hydrogens is 464 g/mol. The number of hydrogen-bond donors (Lipinski definition) is 2. The fraction of sp³-hybridized carbons (Fsp3) is 0.348. The van der Waals surface area contributed by atoms with E-state index >= 15 is 0 Å². The number of carbonyl (C=O) groups excluding carboxylic acids is 2. The van der Waals surface area contributed by atoms with E-state index in [4.69, 9.17) is 33.3 Å². The van der Waals surface area contributed by atoms with Crippen LogP contribution in [-0.4, -0.2) is 54.8 Å². The molecule has 2 aromatic rings. The summed E-state index contributed by atoms with van der Waals surface area (Å²) in [6.45, 7) is 4.86. The summed E-state index contributed by atoms with van der Waals surface area (Å²) in [6, 6.07) is 10.4. The normalized spacial score (nSPS) is 14.7. The van der Waals surface area contributed by atoms with Gasteiger partial charge in [0.2, 0.25) is 12.7 Å². The predicted molar refractivity (Wildman–Crippen MR) is 131 cm³/mol. The number of thiocarbonyl (C=S) groups is 1. The van der Waals surface area contributed by atoms with Crippen LogP contribution in [0.25, 0.3) is 0 Å². The average molecular weight is 489 g/mol. The van der Waals surface area contributed by atoms with Crippen molar-refractivity contribution in [2.45, 2.75) is 19.8 Å². The highest BCUT2D eigenvalue weighted by Gasteiger charge is 2.23. The Hall–Kier alpha value is -3.04. The zero-order chi connectivity index (χ0) is 23.4. The summed E-state index contributed by atoms with van der Waals surface area (Å²) >= 11 is 11.6. The summed E-state index contributed by atoms with van der Waals surface area (Å²) in [4.78, 5) is 28.9. The minimum Gasteiger partial charge on any atom is -0.454 e. The molecule has 0 saturated carbocycles. The van der Waals surface area contributed by atoms with Gasteiger partial charge in [-0.05, 0) is 55.0 Å². The molecule has 2 heterocycles. The molecule has 33 heavy (non-hydrogen) atoms. The van der Waals surface area contributed by atoms with Crippen molar-refractivity contribution in [3.63, 3.8) is 0 Å². The zero-order valence-electron chi connectivity index (χ0n) is 18.2. The molecule has 2 aromatic carbocycles. The molecule has 4 rings (SSSR count). The molecule has 174 valence electrons. The first-order valence-corrected chi connectivity index (χ1v) is 11.6. The topological polar surface area (TPSA) is 83.1 Å². The molecule has 0 aromatic heterocycles. The number of hydrogen-bond acceptors (Lipinski definition) is 6. The van der Waals surface area contributed by atoms with Crippen molar-refractivity contribution in [2.24, 2.45) is 0 Å². The molecule has 1 saturated heterocycles. The second-order valence-corrected chi connectivity index (χ2v) is 8.60. The van der Waals surface area contributed by atoms with Crippen LogP contribution in [0.2, 0.25) is 5.02 Å². The highest BCUT2D eigenvalue weighted by Crippen LogP contribution is 2.33. The van der Waals surface area contributed by atoms with Crippen LogP contribution >= 0.6 is 23.8 Å². The number of benzene rings is 2. The molecule has 10 heteroatoms. The number of amides is 2. The maximum Gasteiger partial charge on any atom is 0.257 e. The molecule has 2 amide bonds. The molecule has 0 spiro atoms. The lowest BCUT2D eigenvalue weighted by Crippen LogP contribution is -2.49. The van der Waals surface area contributed by atoms with E-state index in [-0.39, 0.29) is 23.7 Å². The van der Waals surface area contributed by atoms with Crippen LogP contribution in [0, 0.1) is 0 Å². The number of halogens is 1. The van der Waals surface area contributed by atoms with Crippen molar-refractivity contribution in [3.05, 3.63) is 47.0 Å². The molecule has 8 nitrogen and oxygen atoms in total. The molecule has 0 radical (unpaired) electrons. The lowest BCUT2D eigenvalue weighted by atomic mass is 10.2. The quantitative estimate of drug-likeness (QED) is 0.621. The predicted octanol–water partition coefficient (Wildman–Crippen LogP) is 3.64. The van der Waals surface area contributed by atoms with Gasteiger partial charge < -0.3 is 24.6 Å². The Morgan fingerprint density at radius 3 is 2.58 bits per heavy atom. The van der Waals surface area contributed by atoms with Gasteiger partial charge in [0.1, 0.15) is 0 Å². The lowest BCUT2D eigenvalue weighted by molar-refractivity contribution is -0.131. The second kappa shape index (κ2) is 10.3. The Balaban J connectivity index is 1.41. The Bertz CT molecular complexity index is 1070. The maximum absolute atomic E-state index is 12.6. The summed E-state index contributed by atoms with van der Waals surface area (Å²) in [7, 11) is 0. The van der Waals surface area contributed by atoms with E-state index in [0.717, 1.165) is 12.1 Å². The number of rotatable bonds is 5. The highest BCUT2D eigenvalue weighted by molar-refractivity contribution is 7.80. The van der Waals surface area contributed by atoms with Crippen molar-refractivity contribution in [2.75, 3.05) is 43.2 Å². The average Bonchev–Trinajstić information content (AvgIpc) is 3.27. The fourth-order valence-electron chi connectivity index (χ4n) is 3.82. The van der Waals surface area contributed by atoms with E-state index in [9.17, 15) is 9.59 Å². The maximum atomic E-state index is 12.6. The summed E-state index contributed by atoms with van der Waals surface area (Å²) < 4.78 is 10.6. The van der Waals surface area contributed by atoms with Crippen molar-refractivity contribution in [1.82, 2.24) is 10.2 Å². The molecule has 0 aliphatic carbocycles. The lowest BCUT2D eigenvalue weighted by Gasteiger charge is -2.37. The van der Waals surface area contributed by atoms with Gasteiger partial charge in [0, 0.05) is 43.2 Å². The van der Waals surface area contributed by atoms with E-state index in [2.05, 4.69) is 15.5 Å². The molecule has 2 aliphatic heterocycles. The highest BCUT2D eigenvalue weighted by atomic mass is 35.5. The Labute approximate surface area is 202 Å². The van der Waals surface area contributed by atoms with E-state index in [1.165, 1.54) is 0 Å². The third-order valence-corrected chi connectivity index (χ3v) is 5.94. The Morgan fingerprint density at radius 2 is 1.82 bits per heavy atom. The number of nitrogens with zero attached hydrogens (tertiary/aromatic N) is 2. The Kier molecular flexibility index (Phi) is 7.20. The molecule has 1 fully saturated rings. The van der Waals surface area contributed by atoms with E-state index in [0.29, 0.717) is 60.4 Å². The van der Waals surface area contributed by atoms with Crippen LogP contribution < -0.4 is 25.0 Å². The van der Waals surface area contributed by atoms with Crippen LogP contribution in [0.5, 0.6) is 11.5 Å². The number of nitrogens with one attached hydrogen (secondary N) is 2. The molecule has 0 bridgehead atoms. The van der Waals surface area contributed by atoms with Gasteiger partial charge in [0.15, 0.2) is 16.6 Å². The largest absolute Gasteiger partial charge is 0.454 e. The number of carbonyl (C=O) groups is 2. The van der Waals surface area contributed by atoms with Crippen LogP contribution in [0.15, 0.2) is 36.4 Å². The van der Waals surface area contributed by atoms with Crippen molar-refractivity contribution in [1.29, 1.82) is 0 Å². The van der Waals surface area contributed by atoms with Gasteiger partial charge in [-0.25, -0.2) is 0 Å². The first-order chi connectivity index (χ1) is 15.9. The van der Waals surface area contributed by atoms with Crippen LogP contribution in [-0.2, 0) is 4.79 Å². The van der Waals surface area contributed by atoms with E-state index in [1.807, 2.05) is 24.0 Å². The summed E-state index contributed by atoms with van der Waals surface area (Å²) in [5.41, 5.74) is 2.00. The first-order valence-electron chi connectivity index (χ1n) is 10.8. The summed E-state index contributed by atoms with van der Waals surface area (Å²) in [5.74, 6) is 0.957. The van der Waals surface area contributed by atoms with Gasteiger partial charge in [-0.1, -0.05) is 18.5 Å². The monoisotopic (exact) mass is 488 g/mol. The Morgan fingerprint density at radius 1 is 1.06 bits per heavy atom. The SMILES string of the molecule is CCCC(=O)N1CCN(c2ccc(Cl)cc2NC(=S)NC(=O)c2ccc3c(c2)OCO3)CC1. The third-order valence-electron chi connectivity index (χ3n) is 5.51. The minimum atomic E-state index is -0.363. The summed E-state index contributed by atoms with van der Waals surface area (Å²) in [5, 5.41) is 6.48. The van der Waals surface area contributed by atoms with Gasteiger partial charge >= 0.3 is 0 Å². The van der Waals surface area contributed by atoms with Crippen molar-refractivity contribution >= 4 is 52.1 Å². The van der Waals surface area contributed by atoms with Gasteiger partial charge in [-0.2, -0.15) is 0 Å². The summed E-state index contributed by atoms with van der Waals surface area (Å²) in [6.07, 6.45) is 1.42. The number of ether oxygens (including phenoxy) is 2. The molecule has 0 unspecified atom stereocenters. The zero-order valence-corrected chi connectivity index (χ0v) is 19.8. The number of fused-ring (bicyclic) bond motifs is 1. The third kappa shape index (κ3) is 5.48. The van der Waals surface area contributed by atoms with Crippen molar-refractivity contribution in [3.8, 4) is 11.5 Å². The van der Waals surface area contributed by atoms with Crippen LogP contribution in [0.1, 0.15) is 30.1 Å². The standard InChI is InChI=1S/C23H25ClN4O4S/c1-2-3-21(29)28-10-8-27(9-11-28)18-6-5-16(24)13-17(18)25-23(33)26-22(30)15-4-7-19-20(12-15)32-14-31-19/h4-7,12-13H,2-3,8-11,14H2,1H3,(H2,25,26,30,33). The number of anilines is 2. The van der Waals surface area contributed by atoms with E-state index < -0.39 is 0 Å². The molecule has 2 N–H and O–H groups in total. The molecule has 2 aliphatic rings. The van der Waals surface area contributed by atoms with E-state index in [1.54, 1.807) is 24.3 Å². The van der Waals surface area contributed by atoms with Gasteiger partial charge in [-0.3, -0.25) is 14.9 Å². The van der Waals surface area contributed by atoms with Crippen LogP contribution in [0.3, 0.4) is 0 Å². The fourth-order valence-corrected chi connectivity index (χ4v) is 4.19. The van der Waals surface area contributed by atoms with Crippen LogP contribution in [0.4, 0.5) is 11.4 Å². The van der Waals surface area contributed by atoms with Gasteiger partial charge in [0.05, 0.1) is 11.4 Å². The smallest absolute Gasteiger partial charge is 0.257 e. The molecule has 0 atom stereocenters. The second-order valence-electron chi connectivity index (χ2n) is 7.76. The van der Waals surface area contributed by atoms with Gasteiger partial charge in [-0.15, -0.1) is 0 Å².